The number of nitrogens with one attached hydrogen (secondary N) is 2. The van der Waals surface area contributed by atoms with Gasteiger partial charge in [0.25, 0.3) is 5.56 Å². The van der Waals surface area contributed by atoms with E-state index in [4.69, 9.17) is 9.47 Å². The summed E-state index contributed by atoms with van der Waals surface area (Å²) < 4.78 is 10.6. The normalized spacial score (nSPS) is 10.6. The number of methoxy groups -OCH3 is 2. The Bertz CT molecular complexity index is 752. The molecule has 1 heterocycles. The van der Waals surface area contributed by atoms with Crippen molar-refractivity contribution >= 4 is 22.5 Å². The molecule has 0 aliphatic carbocycles. The maximum atomic E-state index is 12.3. The van der Waals surface area contributed by atoms with Gasteiger partial charge in [-0.05, 0) is 24.6 Å². The molecule has 0 bridgehead atoms. The summed E-state index contributed by atoms with van der Waals surface area (Å²) in [6.07, 6.45) is 3.19. The molecule has 2 N–H and O–H groups in total. The van der Waals surface area contributed by atoms with Crippen LogP contribution in [0.1, 0.15) is 32.6 Å². The number of H-pyrrole nitrogens is 1. The van der Waals surface area contributed by atoms with Crippen LogP contribution in [0.5, 0.6) is 11.5 Å². The van der Waals surface area contributed by atoms with Crippen LogP contribution >= 0.6 is 0 Å². The fourth-order valence-electron chi connectivity index (χ4n) is 2.43. The summed E-state index contributed by atoms with van der Waals surface area (Å²) >= 11 is 0. The monoisotopic (exact) mass is 318 g/mol. The standard InChI is InChI=1S/C17H22N2O4/c1-4-5-6-7-14(20)19-15-16(23-3)12-10-11(22-2)8-9-13(12)18-17(15)21/h8-10H,4-7H2,1-3H3,(H,18,21)(H,19,20). The Morgan fingerprint density at radius 1 is 1.22 bits per heavy atom. The lowest BCUT2D eigenvalue weighted by molar-refractivity contribution is -0.116. The number of anilines is 1. The third-order valence-corrected chi connectivity index (χ3v) is 3.65. The largest absolute Gasteiger partial charge is 0.497 e. The van der Waals surface area contributed by atoms with Gasteiger partial charge in [-0.1, -0.05) is 19.8 Å². The molecule has 23 heavy (non-hydrogen) atoms. The molecule has 2 aromatic rings. The van der Waals surface area contributed by atoms with Gasteiger partial charge in [-0.25, -0.2) is 0 Å². The van der Waals surface area contributed by atoms with Gasteiger partial charge in [0.1, 0.15) is 5.75 Å². The Hall–Kier alpha value is -2.50. The first kappa shape index (κ1) is 16.9. The van der Waals surface area contributed by atoms with Crippen molar-refractivity contribution in [3.8, 4) is 11.5 Å². The number of pyridine rings is 1. The van der Waals surface area contributed by atoms with Crippen LogP contribution in [-0.4, -0.2) is 25.1 Å². The van der Waals surface area contributed by atoms with E-state index in [1.807, 2.05) is 0 Å². The number of benzene rings is 1. The van der Waals surface area contributed by atoms with Crippen LogP contribution < -0.4 is 20.3 Å². The highest BCUT2D eigenvalue weighted by Gasteiger charge is 2.16. The molecule has 0 atom stereocenters. The molecule has 0 saturated heterocycles. The predicted octanol–water partition coefficient (Wildman–Crippen LogP) is 3.06. The van der Waals surface area contributed by atoms with E-state index in [-0.39, 0.29) is 17.2 Å². The quantitative estimate of drug-likeness (QED) is 0.769. The highest BCUT2D eigenvalue weighted by atomic mass is 16.5. The van der Waals surface area contributed by atoms with Crippen LogP contribution in [0, 0.1) is 0 Å². The summed E-state index contributed by atoms with van der Waals surface area (Å²) in [6.45, 7) is 2.07. The first-order chi connectivity index (χ1) is 11.1. The average molecular weight is 318 g/mol. The van der Waals surface area contributed by atoms with Crippen LogP contribution in [-0.2, 0) is 4.79 Å². The Balaban J connectivity index is 2.40. The van der Waals surface area contributed by atoms with Crippen LogP contribution in [0.15, 0.2) is 23.0 Å². The molecule has 0 saturated carbocycles. The van der Waals surface area contributed by atoms with Crippen molar-refractivity contribution < 1.29 is 14.3 Å². The van der Waals surface area contributed by atoms with E-state index in [1.165, 1.54) is 7.11 Å². The van der Waals surface area contributed by atoms with E-state index in [1.54, 1.807) is 25.3 Å². The van der Waals surface area contributed by atoms with E-state index >= 15 is 0 Å². The molecule has 0 unspecified atom stereocenters. The van der Waals surface area contributed by atoms with Gasteiger partial charge >= 0.3 is 0 Å². The molecule has 6 nitrogen and oxygen atoms in total. The SMILES string of the molecule is CCCCCC(=O)Nc1c(OC)c2cc(OC)ccc2[nH]c1=O. The molecule has 0 spiro atoms. The molecular weight excluding hydrogens is 296 g/mol. The number of aromatic amines is 1. The molecule has 124 valence electrons. The fourth-order valence-corrected chi connectivity index (χ4v) is 2.43. The topological polar surface area (TPSA) is 80.4 Å². The lowest BCUT2D eigenvalue weighted by Crippen LogP contribution is -2.20. The molecule has 2 rings (SSSR count). The minimum Gasteiger partial charge on any atom is -0.497 e. The number of ether oxygens (including phenoxy) is 2. The molecule has 1 aromatic carbocycles. The summed E-state index contributed by atoms with van der Waals surface area (Å²) in [5, 5.41) is 3.35. The van der Waals surface area contributed by atoms with Crippen LogP contribution in [0.3, 0.4) is 0 Å². The summed E-state index contributed by atoms with van der Waals surface area (Å²) in [7, 11) is 3.04. The number of hydrogen-bond donors (Lipinski definition) is 2. The van der Waals surface area contributed by atoms with Crippen molar-refractivity contribution in [1.82, 2.24) is 4.98 Å². The number of rotatable bonds is 7. The van der Waals surface area contributed by atoms with Gasteiger partial charge in [0.2, 0.25) is 5.91 Å². The van der Waals surface area contributed by atoms with Crippen molar-refractivity contribution in [2.24, 2.45) is 0 Å². The summed E-state index contributed by atoms with van der Waals surface area (Å²) in [6, 6.07) is 5.25. The lowest BCUT2D eigenvalue weighted by atomic mass is 10.1. The number of carbonyl (C=O) groups is 1. The van der Waals surface area contributed by atoms with Crippen molar-refractivity contribution in [2.75, 3.05) is 19.5 Å². The van der Waals surface area contributed by atoms with Crippen LogP contribution in [0.25, 0.3) is 10.9 Å². The molecule has 6 heteroatoms. The third-order valence-electron chi connectivity index (χ3n) is 3.65. The molecule has 0 aliphatic heterocycles. The van der Waals surface area contributed by atoms with Crippen molar-refractivity contribution in [1.29, 1.82) is 0 Å². The van der Waals surface area contributed by atoms with Gasteiger partial charge in [-0.2, -0.15) is 0 Å². The van der Waals surface area contributed by atoms with Gasteiger partial charge in [-0.15, -0.1) is 0 Å². The zero-order valence-electron chi connectivity index (χ0n) is 13.7. The second kappa shape index (κ2) is 7.67. The average Bonchev–Trinajstić information content (AvgIpc) is 2.55. The molecule has 1 aromatic heterocycles. The molecule has 0 fully saturated rings. The summed E-state index contributed by atoms with van der Waals surface area (Å²) in [4.78, 5) is 27.0. The molecule has 0 aliphatic rings. The number of unbranched alkanes of at least 4 members (excludes halogenated alkanes) is 2. The molecule has 0 radical (unpaired) electrons. The summed E-state index contributed by atoms with van der Waals surface area (Å²) in [5.41, 5.74) is 0.370. The Kier molecular flexibility index (Phi) is 5.62. The Labute approximate surface area is 134 Å². The first-order valence-electron chi connectivity index (χ1n) is 7.68. The molecular formula is C17H22N2O4. The smallest absolute Gasteiger partial charge is 0.276 e. The third kappa shape index (κ3) is 3.83. The fraction of sp³-hybridized carbons (Fsp3) is 0.412. The lowest BCUT2D eigenvalue weighted by Gasteiger charge is -2.13. The van der Waals surface area contributed by atoms with Crippen molar-refractivity contribution in [3.63, 3.8) is 0 Å². The van der Waals surface area contributed by atoms with E-state index in [0.717, 1.165) is 19.3 Å². The number of aromatic nitrogens is 1. The van der Waals surface area contributed by atoms with Crippen molar-refractivity contribution in [2.45, 2.75) is 32.6 Å². The number of hydrogen-bond acceptors (Lipinski definition) is 4. The minimum atomic E-state index is -0.386. The van der Waals surface area contributed by atoms with Crippen LogP contribution in [0.2, 0.25) is 0 Å². The van der Waals surface area contributed by atoms with E-state index in [9.17, 15) is 9.59 Å². The number of carbonyl (C=O) groups excluding carboxylic acids is 1. The van der Waals surface area contributed by atoms with E-state index in [0.29, 0.717) is 28.8 Å². The van der Waals surface area contributed by atoms with E-state index < -0.39 is 0 Å². The first-order valence-corrected chi connectivity index (χ1v) is 7.68. The molecule has 1 amide bonds. The zero-order valence-corrected chi connectivity index (χ0v) is 13.7. The second-order valence-electron chi connectivity index (χ2n) is 5.28. The highest BCUT2D eigenvalue weighted by molar-refractivity contribution is 5.98. The van der Waals surface area contributed by atoms with Crippen molar-refractivity contribution in [3.05, 3.63) is 28.6 Å². The maximum Gasteiger partial charge on any atom is 0.276 e. The zero-order chi connectivity index (χ0) is 16.8. The Morgan fingerprint density at radius 2 is 2.00 bits per heavy atom. The summed E-state index contributed by atoms with van der Waals surface area (Å²) in [5.74, 6) is 0.791. The minimum absolute atomic E-state index is 0.134. The Morgan fingerprint density at radius 3 is 2.65 bits per heavy atom. The van der Waals surface area contributed by atoms with Gasteiger partial charge in [0.15, 0.2) is 11.4 Å². The van der Waals surface area contributed by atoms with Gasteiger partial charge in [0.05, 0.1) is 19.7 Å². The van der Waals surface area contributed by atoms with Gasteiger partial charge < -0.3 is 19.8 Å². The maximum absolute atomic E-state index is 12.3. The highest BCUT2D eigenvalue weighted by Crippen LogP contribution is 2.32. The predicted molar refractivity (Wildman–Crippen MR) is 90.4 cm³/mol. The number of amides is 1. The van der Waals surface area contributed by atoms with Gasteiger partial charge in [-0.3, -0.25) is 9.59 Å². The second-order valence-corrected chi connectivity index (χ2v) is 5.28. The van der Waals surface area contributed by atoms with E-state index in [2.05, 4.69) is 17.2 Å². The van der Waals surface area contributed by atoms with Gasteiger partial charge in [0, 0.05) is 11.8 Å². The van der Waals surface area contributed by atoms with Crippen LogP contribution in [0.4, 0.5) is 5.69 Å². The number of fused-ring (bicyclic) bond motifs is 1.